The van der Waals surface area contributed by atoms with Crippen molar-refractivity contribution in [2.24, 2.45) is 0 Å². The zero-order valence-electron chi connectivity index (χ0n) is 35.4. The molecular weight excluding hydrogens is 687 g/mol. The Balaban J connectivity index is 1.33. The van der Waals surface area contributed by atoms with Crippen molar-refractivity contribution in [3.05, 3.63) is 185 Å². The second-order valence-electron chi connectivity index (χ2n) is 19.5. The molecule has 0 unspecified atom stereocenters. The molecule has 9 rings (SSSR count). The van der Waals surface area contributed by atoms with Gasteiger partial charge in [0.1, 0.15) is 0 Å². The van der Waals surface area contributed by atoms with Crippen LogP contribution in [0.25, 0.3) is 44.5 Å². The zero-order chi connectivity index (χ0) is 40.1. The van der Waals surface area contributed by atoms with Gasteiger partial charge in [-0.25, -0.2) is 0 Å². The molecule has 1 heteroatoms. The number of nitrogens with zero attached hydrogens (tertiary/aromatic N) is 1. The van der Waals surface area contributed by atoms with Crippen LogP contribution >= 0.6 is 0 Å². The summed E-state index contributed by atoms with van der Waals surface area (Å²) in [7, 11) is 0. The van der Waals surface area contributed by atoms with Crippen molar-refractivity contribution in [2.45, 2.75) is 90.9 Å². The summed E-state index contributed by atoms with van der Waals surface area (Å²) in [5.74, 6) is 0. The Kier molecular flexibility index (Phi) is 8.38. The summed E-state index contributed by atoms with van der Waals surface area (Å²) in [5.41, 5.74) is 21.9. The molecule has 7 aromatic rings. The molecule has 0 amide bonds. The SMILES string of the molecule is CC(C)(C)c1ccc(N(c2ccccc2)c2cc(-c3ccc4c(c3)C(C)(C)c3ccccc3-4)c(C(C)(C)C)c(-c3ccc4c(c3)C(C)(C)c3ccccc3-4)c2)cc1. The van der Waals surface area contributed by atoms with E-state index in [1.54, 1.807) is 0 Å². The van der Waals surface area contributed by atoms with Crippen LogP contribution in [0.2, 0.25) is 0 Å². The first-order valence-corrected chi connectivity index (χ1v) is 20.7. The summed E-state index contributed by atoms with van der Waals surface area (Å²) in [5, 5.41) is 0. The van der Waals surface area contributed by atoms with E-state index >= 15 is 0 Å². The average Bonchev–Trinajstić information content (AvgIpc) is 3.56. The van der Waals surface area contributed by atoms with Gasteiger partial charge >= 0.3 is 0 Å². The lowest BCUT2D eigenvalue weighted by Crippen LogP contribution is -2.18. The number of fused-ring (bicyclic) bond motifs is 6. The van der Waals surface area contributed by atoms with Gasteiger partial charge in [0, 0.05) is 27.9 Å². The predicted molar refractivity (Wildman–Crippen MR) is 245 cm³/mol. The van der Waals surface area contributed by atoms with Gasteiger partial charge in [0.15, 0.2) is 0 Å². The van der Waals surface area contributed by atoms with E-state index in [0.29, 0.717) is 0 Å². The van der Waals surface area contributed by atoms with Gasteiger partial charge in [-0.3, -0.25) is 0 Å². The fourth-order valence-electron chi connectivity index (χ4n) is 9.90. The van der Waals surface area contributed by atoms with Crippen LogP contribution in [0.1, 0.15) is 103 Å². The molecule has 0 fully saturated rings. The van der Waals surface area contributed by atoms with Crippen LogP contribution in [-0.2, 0) is 21.7 Å². The Morgan fingerprint density at radius 1 is 0.351 bits per heavy atom. The highest BCUT2D eigenvalue weighted by Crippen LogP contribution is 2.54. The van der Waals surface area contributed by atoms with Gasteiger partial charge in [0.05, 0.1) is 0 Å². The molecule has 0 saturated carbocycles. The maximum Gasteiger partial charge on any atom is 0.0474 e. The summed E-state index contributed by atoms with van der Waals surface area (Å²) in [4.78, 5) is 2.45. The van der Waals surface area contributed by atoms with Crippen molar-refractivity contribution in [1.29, 1.82) is 0 Å². The van der Waals surface area contributed by atoms with Gasteiger partial charge in [0.2, 0.25) is 0 Å². The van der Waals surface area contributed by atoms with Crippen molar-refractivity contribution < 1.29 is 0 Å². The van der Waals surface area contributed by atoms with Gasteiger partial charge in [-0.15, -0.1) is 0 Å². The highest BCUT2D eigenvalue weighted by Gasteiger charge is 2.38. The quantitative estimate of drug-likeness (QED) is 0.170. The smallest absolute Gasteiger partial charge is 0.0474 e. The van der Waals surface area contributed by atoms with Crippen molar-refractivity contribution in [3.8, 4) is 44.5 Å². The molecular formula is C56H55N. The standard InChI is InChI=1S/C56H55N/c1-53(2,3)38-26-28-40(29-27-38)57(39-18-12-11-13-19-39)41-34-46(36-24-30-44-42-20-14-16-22-48(42)55(7,8)50(44)32-36)52(54(4,5)6)47(35-41)37-25-31-45-43-21-15-17-23-49(43)56(9,10)51(45)33-37/h11-35H,1-10H3. The molecule has 0 spiro atoms. The van der Waals surface area contributed by atoms with Crippen LogP contribution in [0.15, 0.2) is 152 Å². The molecule has 0 atom stereocenters. The molecule has 2 aliphatic carbocycles. The summed E-state index contributed by atoms with van der Waals surface area (Å²) in [6.45, 7) is 23.6. The lowest BCUT2D eigenvalue weighted by Gasteiger charge is -2.32. The van der Waals surface area contributed by atoms with Gasteiger partial charge in [-0.2, -0.15) is 0 Å². The van der Waals surface area contributed by atoms with E-state index in [4.69, 9.17) is 0 Å². The molecule has 0 radical (unpaired) electrons. The first kappa shape index (κ1) is 36.9. The Morgan fingerprint density at radius 2 is 0.772 bits per heavy atom. The Labute approximate surface area is 341 Å². The van der Waals surface area contributed by atoms with E-state index in [0.717, 1.165) is 17.1 Å². The first-order valence-electron chi connectivity index (χ1n) is 20.7. The number of rotatable bonds is 5. The number of hydrogen-bond acceptors (Lipinski definition) is 1. The minimum Gasteiger partial charge on any atom is -0.310 e. The van der Waals surface area contributed by atoms with Crippen LogP contribution in [0.5, 0.6) is 0 Å². The molecule has 0 saturated heterocycles. The largest absolute Gasteiger partial charge is 0.310 e. The number of benzene rings is 7. The van der Waals surface area contributed by atoms with Crippen LogP contribution in [-0.4, -0.2) is 0 Å². The second-order valence-corrected chi connectivity index (χ2v) is 19.5. The third-order valence-electron chi connectivity index (χ3n) is 12.9. The highest BCUT2D eigenvalue weighted by atomic mass is 15.1. The van der Waals surface area contributed by atoms with Crippen LogP contribution in [0.4, 0.5) is 17.1 Å². The minimum atomic E-state index is -0.163. The maximum atomic E-state index is 2.50. The molecule has 0 N–H and O–H groups in total. The third kappa shape index (κ3) is 5.97. The molecule has 0 heterocycles. The van der Waals surface area contributed by atoms with Gasteiger partial charge in [-0.05, 0) is 137 Å². The first-order chi connectivity index (χ1) is 27.0. The zero-order valence-corrected chi connectivity index (χ0v) is 35.4. The van der Waals surface area contributed by atoms with E-state index in [9.17, 15) is 0 Å². The summed E-state index contributed by atoms with van der Waals surface area (Å²) >= 11 is 0. The van der Waals surface area contributed by atoms with E-state index in [1.807, 2.05) is 0 Å². The fourth-order valence-corrected chi connectivity index (χ4v) is 9.90. The average molecular weight is 742 g/mol. The van der Waals surface area contributed by atoms with E-state index in [-0.39, 0.29) is 21.7 Å². The molecule has 0 aliphatic heterocycles. The molecule has 284 valence electrons. The van der Waals surface area contributed by atoms with Crippen LogP contribution in [0.3, 0.4) is 0 Å². The van der Waals surface area contributed by atoms with E-state index < -0.39 is 0 Å². The lowest BCUT2D eigenvalue weighted by atomic mass is 9.75. The minimum absolute atomic E-state index is 0.0623. The Morgan fingerprint density at radius 3 is 1.23 bits per heavy atom. The molecule has 0 aromatic heterocycles. The number of anilines is 3. The maximum absolute atomic E-state index is 2.50. The van der Waals surface area contributed by atoms with Crippen LogP contribution < -0.4 is 4.90 Å². The van der Waals surface area contributed by atoms with Crippen molar-refractivity contribution in [1.82, 2.24) is 0 Å². The monoisotopic (exact) mass is 741 g/mol. The van der Waals surface area contributed by atoms with Gasteiger partial charge < -0.3 is 4.90 Å². The predicted octanol–water partition coefficient (Wildman–Crippen LogP) is 15.7. The fraction of sp³-hybridized carbons (Fsp3) is 0.250. The van der Waals surface area contributed by atoms with Crippen molar-refractivity contribution >= 4 is 17.1 Å². The van der Waals surface area contributed by atoms with Crippen LogP contribution in [0, 0.1) is 0 Å². The van der Waals surface area contributed by atoms with E-state index in [2.05, 4.69) is 226 Å². The van der Waals surface area contributed by atoms with Crippen molar-refractivity contribution in [3.63, 3.8) is 0 Å². The van der Waals surface area contributed by atoms with Gasteiger partial charge in [-0.1, -0.05) is 172 Å². The molecule has 2 aliphatic rings. The molecule has 1 nitrogen and oxygen atoms in total. The highest BCUT2D eigenvalue weighted by molar-refractivity contribution is 5.92. The van der Waals surface area contributed by atoms with E-state index in [1.165, 1.54) is 77.9 Å². The summed E-state index contributed by atoms with van der Waals surface area (Å²) < 4.78 is 0. The number of para-hydroxylation sites is 1. The number of hydrogen-bond donors (Lipinski definition) is 0. The summed E-state index contributed by atoms with van der Waals surface area (Å²) in [6.07, 6.45) is 0. The summed E-state index contributed by atoms with van der Waals surface area (Å²) in [6, 6.07) is 57.5. The molecule has 7 aromatic carbocycles. The third-order valence-corrected chi connectivity index (χ3v) is 12.9. The molecule has 0 bridgehead atoms. The van der Waals surface area contributed by atoms with Gasteiger partial charge in [0.25, 0.3) is 0 Å². The van der Waals surface area contributed by atoms with Crippen molar-refractivity contribution in [2.75, 3.05) is 4.90 Å². The molecule has 57 heavy (non-hydrogen) atoms. The lowest BCUT2D eigenvalue weighted by molar-refractivity contribution is 0.590. The second kappa shape index (κ2) is 12.9. The Hall–Kier alpha value is -5.66. The topological polar surface area (TPSA) is 3.24 Å². The Bertz CT molecular complexity index is 2550. The normalized spacial score (nSPS) is 14.8.